The van der Waals surface area contributed by atoms with Crippen molar-refractivity contribution in [1.82, 2.24) is 10.2 Å². The molecule has 1 heterocycles. The van der Waals surface area contributed by atoms with E-state index in [1.165, 1.54) is 4.90 Å². The molecule has 2 N–H and O–H groups in total. The highest BCUT2D eigenvalue weighted by molar-refractivity contribution is 5.91. The van der Waals surface area contributed by atoms with E-state index in [0.717, 1.165) is 38.5 Å². The number of rotatable bonds is 7. The molecule has 172 valence electrons. The van der Waals surface area contributed by atoms with Crippen molar-refractivity contribution >= 4 is 18.0 Å². The molecular weight excluding hydrogens is 388 g/mol. The number of likely N-dealkylation sites (tertiary alicyclic amines) is 1. The van der Waals surface area contributed by atoms with Gasteiger partial charge in [-0.2, -0.15) is 0 Å². The average molecular weight is 427 g/mol. The Morgan fingerprint density at radius 2 is 1.87 bits per heavy atom. The highest BCUT2D eigenvalue weighted by Gasteiger charge is 2.49. The predicted octanol–water partition coefficient (Wildman–Crippen LogP) is 2.77. The number of aliphatic hydroxyl groups is 1. The smallest absolute Gasteiger partial charge is 0.408 e. The first-order chi connectivity index (χ1) is 14.0. The van der Waals surface area contributed by atoms with Crippen LogP contribution < -0.4 is 5.32 Å². The molecule has 1 saturated heterocycles. The first-order valence-electron chi connectivity index (χ1n) is 11.1. The van der Waals surface area contributed by atoms with E-state index in [1.807, 2.05) is 13.8 Å². The topological polar surface area (TPSA) is 105 Å². The number of hydrogen-bond acceptors (Lipinski definition) is 6. The van der Waals surface area contributed by atoms with Crippen LogP contribution in [0.2, 0.25) is 0 Å². The van der Waals surface area contributed by atoms with Crippen LogP contribution in [-0.2, 0) is 19.1 Å². The molecule has 8 heteroatoms. The van der Waals surface area contributed by atoms with E-state index in [4.69, 9.17) is 9.47 Å². The Morgan fingerprint density at radius 1 is 1.23 bits per heavy atom. The number of carbonyl (C=O) groups excluding carboxylic acids is 3. The fourth-order valence-corrected chi connectivity index (χ4v) is 4.29. The van der Waals surface area contributed by atoms with Gasteiger partial charge in [0.25, 0.3) is 0 Å². The van der Waals surface area contributed by atoms with Crippen LogP contribution in [0.5, 0.6) is 0 Å². The molecule has 0 unspecified atom stereocenters. The second-order valence-corrected chi connectivity index (χ2v) is 9.86. The standard InChI is InChI=1S/C22H38N2O6/c1-6-7-12-29-19(27)16-13-15(25)14-24(16)18(26)17(22(5)10-8-9-11-22)23-20(28)30-21(2,3)4/h15-17,25H,6-14H2,1-5H3,(H,23,28)/t15-,16+,17-/m1/s1. The van der Waals surface area contributed by atoms with E-state index in [-0.39, 0.29) is 18.9 Å². The maximum Gasteiger partial charge on any atom is 0.408 e. The number of hydrogen-bond donors (Lipinski definition) is 2. The molecule has 1 aliphatic heterocycles. The van der Waals surface area contributed by atoms with Crippen molar-refractivity contribution < 1.29 is 29.0 Å². The molecule has 2 rings (SSSR count). The number of β-amino-alcohol motifs (C(OH)–C–C–N with tert-alkyl or cyclic N) is 1. The van der Waals surface area contributed by atoms with Gasteiger partial charge in [0.15, 0.2) is 0 Å². The second-order valence-electron chi connectivity index (χ2n) is 9.86. The molecule has 1 saturated carbocycles. The Morgan fingerprint density at radius 3 is 2.43 bits per heavy atom. The van der Waals surface area contributed by atoms with Crippen LogP contribution in [0.4, 0.5) is 4.79 Å². The second kappa shape index (κ2) is 9.98. The molecule has 30 heavy (non-hydrogen) atoms. The van der Waals surface area contributed by atoms with Crippen LogP contribution in [0.3, 0.4) is 0 Å². The summed E-state index contributed by atoms with van der Waals surface area (Å²) in [6, 6.07) is -1.66. The molecule has 8 nitrogen and oxygen atoms in total. The highest BCUT2D eigenvalue weighted by Crippen LogP contribution is 2.42. The molecule has 0 aromatic rings. The van der Waals surface area contributed by atoms with Crippen LogP contribution in [0.1, 0.15) is 79.6 Å². The number of aliphatic hydroxyl groups excluding tert-OH is 1. The summed E-state index contributed by atoms with van der Waals surface area (Å²) in [4.78, 5) is 40.0. The number of nitrogens with one attached hydrogen (secondary N) is 1. The third-order valence-corrected chi connectivity index (χ3v) is 5.93. The highest BCUT2D eigenvalue weighted by atomic mass is 16.6. The molecule has 0 aromatic heterocycles. The number of esters is 1. The maximum absolute atomic E-state index is 13.6. The van der Waals surface area contributed by atoms with Gasteiger partial charge in [-0.1, -0.05) is 33.1 Å². The molecule has 2 amide bonds. The van der Waals surface area contributed by atoms with Crippen LogP contribution in [0.15, 0.2) is 0 Å². The molecule has 2 fully saturated rings. The first kappa shape index (κ1) is 24.4. The summed E-state index contributed by atoms with van der Waals surface area (Å²) in [5.74, 6) is -0.861. The largest absolute Gasteiger partial charge is 0.464 e. The zero-order valence-corrected chi connectivity index (χ0v) is 19.0. The van der Waals surface area contributed by atoms with Gasteiger partial charge in [0.1, 0.15) is 17.7 Å². The van der Waals surface area contributed by atoms with Gasteiger partial charge in [-0.15, -0.1) is 0 Å². The zero-order chi connectivity index (χ0) is 22.5. The SMILES string of the molecule is CCCCOC(=O)[C@@H]1C[C@@H](O)CN1C(=O)[C@@H](NC(=O)OC(C)(C)C)C1(C)CCCC1. The lowest BCUT2D eigenvalue weighted by Crippen LogP contribution is -2.58. The third-order valence-electron chi connectivity index (χ3n) is 5.93. The van der Waals surface area contributed by atoms with Gasteiger partial charge in [-0.25, -0.2) is 9.59 Å². The Balaban J connectivity index is 2.20. The van der Waals surface area contributed by atoms with Crippen LogP contribution in [0, 0.1) is 5.41 Å². The average Bonchev–Trinajstić information content (AvgIpc) is 3.24. The fourth-order valence-electron chi connectivity index (χ4n) is 4.29. The normalized spacial score (nSPS) is 24.4. The minimum atomic E-state index is -0.836. The van der Waals surface area contributed by atoms with Crippen molar-refractivity contribution in [2.75, 3.05) is 13.2 Å². The van der Waals surface area contributed by atoms with E-state index < -0.39 is 41.3 Å². The minimum Gasteiger partial charge on any atom is -0.464 e. The number of carbonyl (C=O) groups is 3. The lowest BCUT2D eigenvalue weighted by atomic mass is 9.79. The van der Waals surface area contributed by atoms with E-state index in [2.05, 4.69) is 5.32 Å². The monoisotopic (exact) mass is 426 g/mol. The van der Waals surface area contributed by atoms with Gasteiger partial charge in [0, 0.05) is 13.0 Å². The Kier molecular flexibility index (Phi) is 8.13. The van der Waals surface area contributed by atoms with Crippen molar-refractivity contribution in [2.45, 2.75) is 103 Å². The molecule has 0 bridgehead atoms. The third kappa shape index (κ3) is 6.33. The van der Waals surface area contributed by atoms with Crippen LogP contribution in [0.25, 0.3) is 0 Å². The molecule has 3 atom stereocenters. The molecule has 0 radical (unpaired) electrons. The molecule has 0 aromatic carbocycles. The quantitative estimate of drug-likeness (QED) is 0.479. The molecule has 2 aliphatic rings. The van der Waals surface area contributed by atoms with Gasteiger partial charge in [-0.3, -0.25) is 4.79 Å². The Labute approximate surface area is 179 Å². The summed E-state index contributed by atoms with van der Waals surface area (Å²) in [5.41, 5.74) is -1.12. The lowest BCUT2D eigenvalue weighted by molar-refractivity contribution is -0.155. The van der Waals surface area contributed by atoms with Crippen molar-refractivity contribution in [2.24, 2.45) is 5.41 Å². The Bertz CT molecular complexity index is 624. The van der Waals surface area contributed by atoms with Gasteiger partial charge < -0.3 is 24.8 Å². The number of nitrogens with zero attached hydrogens (tertiary/aromatic N) is 1. The van der Waals surface area contributed by atoms with E-state index >= 15 is 0 Å². The van der Waals surface area contributed by atoms with E-state index in [1.54, 1.807) is 20.8 Å². The van der Waals surface area contributed by atoms with E-state index in [0.29, 0.717) is 6.61 Å². The Hall–Kier alpha value is -1.83. The minimum absolute atomic E-state index is 0.0506. The van der Waals surface area contributed by atoms with Crippen molar-refractivity contribution in [1.29, 1.82) is 0 Å². The summed E-state index contributed by atoms with van der Waals surface area (Å²) >= 11 is 0. The van der Waals surface area contributed by atoms with Gasteiger partial charge >= 0.3 is 12.1 Å². The molecule has 0 spiro atoms. The number of amides is 2. The van der Waals surface area contributed by atoms with Crippen LogP contribution in [-0.4, -0.2) is 64.9 Å². The van der Waals surface area contributed by atoms with Crippen LogP contribution >= 0.6 is 0 Å². The van der Waals surface area contributed by atoms with Crippen molar-refractivity contribution in [3.63, 3.8) is 0 Å². The molecular formula is C22H38N2O6. The first-order valence-corrected chi connectivity index (χ1v) is 11.1. The lowest BCUT2D eigenvalue weighted by Gasteiger charge is -2.37. The van der Waals surface area contributed by atoms with Gasteiger partial charge in [-0.05, 0) is 45.4 Å². The van der Waals surface area contributed by atoms with E-state index in [9.17, 15) is 19.5 Å². The van der Waals surface area contributed by atoms with Crippen molar-refractivity contribution in [3.05, 3.63) is 0 Å². The fraction of sp³-hybridized carbons (Fsp3) is 0.864. The van der Waals surface area contributed by atoms with Gasteiger partial charge in [0.2, 0.25) is 5.91 Å². The van der Waals surface area contributed by atoms with Gasteiger partial charge in [0.05, 0.1) is 12.7 Å². The summed E-state index contributed by atoms with van der Waals surface area (Å²) in [7, 11) is 0. The van der Waals surface area contributed by atoms with Crippen molar-refractivity contribution in [3.8, 4) is 0 Å². The number of unbranched alkanes of at least 4 members (excludes halogenated alkanes) is 1. The molecule has 1 aliphatic carbocycles. The summed E-state index contributed by atoms with van der Waals surface area (Å²) in [5, 5.41) is 12.9. The number of alkyl carbamates (subject to hydrolysis) is 1. The summed E-state index contributed by atoms with van der Waals surface area (Å²) in [6.45, 7) is 9.62. The summed E-state index contributed by atoms with van der Waals surface area (Å²) < 4.78 is 10.7. The number of ether oxygens (including phenoxy) is 2. The summed E-state index contributed by atoms with van der Waals surface area (Å²) in [6.07, 6.45) is 3.86. The predicted molar refractivity (Wildman–Crippen MR) is 112 cm³/mol. The maximum atomic E-state index is 13.6. The zero-order valence-electron chi connectivity index (χ0n) is 19.0.